The topological polar surface area (TPSA) is 44.7 Å². The zero-order valence-electron chi connectivity index (χ0n) is 12.1. The van der Waals surface area contributed by atoms with E-state index in [1.165, 1.54) is 25.7 Å². The van der Waals surface area contributed by atoms with E-state index in [-0.39, 0.29) is 0 Å². The van der Waals surface area contributed by atoms with Crippen molar-refractivity contribution in [2.75, 3.05) is 20.2 Å². The number of aromatic hydroxyl groups is 1. The quantitative estimate of drug-likeness (QED) is 0.884. The molecule has 4 heteroatoms. The van der Waals surface area contributed by atoms with Crippen LogP contribution in [0.25, 0.3) is 0 Å². The average molecular weight is 276 g/mol. The van der Waals surface area contributed by atoms with E-state index in [1.807, 2.05) is 6.07 Å². The third-order valence-electron chi connectivity index (χ3n) is 4.64. The van der Waals surface area contributed by atoms with Crippen LogP contribution in [0.5, 0.6) is 11.5 Å². The molecule has 2 unspecified atom stereocenters. The van der Waals surface area contributed by atoms with Gasteiger partial charge in [0.15, 0.2) is 0 Å². The van der Waals surface area contributed by atoms with Crippen LogP contribution in [0.1, 0.15) is 31.2 Å². The predicted octanol–water partition coefficient (Wildman–Crippen LogP) is 2.12. The fourth-order valence-corrected chi connectivity index (χ4v) is 3.58. The first-order chi connectivity index (χ1) is 9.78. The molecular formula is C16H24N2O2. The minimum absolute atomic E-state index is 0.371. The van der Waals surface area contributed by atoms with Gasteiger partial charge in [-0.25, -0.2) is 0 Å². The molecular weight excluding hydrogens is 252 g/mol. The number of ether oxygens (including phenoxy) is 1. The molecule has 0 bridgehead atoms. The molecule has 2 heterocycles. The molecule has 0 saturated carbocycles. The van der Waals surface area contributed by atoms with Gasteiger partial charge in [-0.05, 0) is 57.0 Å². The third-order valence-corrected chi connectivity index (χ3v) is 4.64. The highest BCUT2D eigenvalue weighted by molar-refractivity contribution is 5.39. The maximum absolute atomic E-state index is 10.0. The van der Waals surface area contributed by atoms with Crippen LogP contribution < -0.4 is 10.1 Å². The van der Waals surface area contributed by atoms with Crippen LogP contribution in [0.2, 0.25) is 0 Å². The highest BCUT2D eigenvalue weighted by atomic mass is 16.5. The second kappa shape index (κ2) is 6.02. The lowest BCUT2D eigenvalue weighted by Gasteiger charge is -2.29. The largest absolute Gasteiger partial charge is 0.508 e. The van der Waals surface area contributed by atoms with Gasteiger partial charge >= 0.3 is 0 Å². The molecule has 1 aromatic rings. The molecule has 0 radical (unpaired) electrons. The first-order valence-corrected chi connectivity index (χ1v) is 7.61. The van der Waals surface area contributed by atoms with Crippen LogP contribution in [0, 0.1) is 0 Å². The Morgan fingerprint density at radius 1 is 1.35 bits per heavy atom. The summed E-state index contributed by atoms with van der Waals surface area (Å²) in [4.78, 5) is 2.51. The summed E-state index contributed by atoms with van der Waals surface area (Å²) in [7, 11) is 1.66. The van der Waals surface area contributed by atoms with E-state index in [9.17, 15) is 5.11 Å². The molecule has 2 atom stereocenters. The zero-order chi connectivity index (χ0) is 13.9. The maximum atomic E-state index is 10.0. The molecule has 20 heavy (non-hydrogen) atoms. The molecule has 0 aromatic heterocycles. The number of nitrogens with one attached hydrogen (secondary N) is 1. The lowest BCUT2D eigenvalue weighted by molar-refractivity contribution is 0.204. The number of nitrogens with zero attached hydrogens (tertiary/aromatic N) is 1. The number of methoxy groups -OCH3 is 1. The number of rotatable bonds is 4. The van der Waals surface area contributed by atoms with Crippen LogP contribution in [0.4, 0.5) is 0 Å². The number of phenolic OH excluding ortho intramolecular Hbond substituents is 1. The number of hydrogen-bond donors (Lipinski definition) is 2. The smallest absolute Gasteiger partial charge is 0.120 e. The van der Waals surface area contributed by atoms with E-state index in [0.29, 0.717) is 17.8 Å². The van der Waals surface area contributed by atoms with Crippen molar-refractivity contribution in [3.63, 3.8) is 0 Å². The van der Waals surface area contributed by atoms with Crippen molar-refractivity contribution < 1.29 is 9.84 Å². The fraction of sp³-hybridized carbons (Fsp3) is 0.625. The van der Waals surface area contributed by atoms with Gasteiger partial charge in [0.2, 0.25) is 0 Å². The Bertz CT molecular complexity index is 458. The molecule has 0 aliphatic carbocycles. The summed E-state index contributed by atoms with van der Waals surface area (Å²) in [6.45, 7) is 3.09. The van der Waals surface area contributed by atoms with E-state index in [2.05, 4.69) is 10.2 Å². The van der Waals surface area contributed by atoms with E-state index in [4.69, 9.17) is 4.74 Å². The van der Waals surface area contributed by atoms with Crippen molar-refractivity contribution in [2.45, 2.75) is 44.3 Å². The van der Waals surface area contributed by atoms with E-state index in [0.717, 1.165) is 30.9 Å². The monoisotopic (exact) mass is 276 g/mol. The first-order valence-electron chi connectivity index (χ1n) is 7.61. The summed E-state index contributed by atoms with van der Waals surface area (Å²) in [5.74, 6) is 1.18. The molecule has 2 fully saturated rings. The van der Waals surface area contributed by atoms with Crippen LogP contribution in [0.15, 0.2) is 18.2 Å². The molecule has 0 spiro atoms. The zero-order valence-corrected chi connectivity index (χ0v) is 12.1. The van der Waals surface area contributed by atoms with Crippen molar-refractivity contribution in [3.8, 4) is 11.5 Å². The number of benzene rings is 1. The van der Waals surface area contributed by atoms with Crippen LogP contribution in [0.3, 0.4) is 0 Å². The summed E-state index contributed by atoms with van der Waals surface area (Å²) in [5.41, 5.74) is 0.967. The number of likely N-dealkylation sites (tertiary alicyclic amines) is 1. The van der Waals surface area contributed by atoms with E-state index in [1.54, 1.807) is 19.2 Å². The molecule has 2 saturated heterocycles. The van der Waals surface area contributed by atoms with Gasteiger partial charge in [0, 0.05) is 24.2 Å². The van der Waals surface area contributed by atoms with Crippen molar-refractivity contribution in [2.24, 2.45) is 0 Å². The Labute approximate surface area is 120 Å². The molecule has 3 rings (SSSR count). The van der Waals surface area contributed by atoms with Gasteiger partial charge in [-0.2, -0.15) is 0 Å². The molecule has 2 N–H and O–H groups in total. The maximum Gasteiger partial charge on any atom is 0.120 e. The Morgan fingerprint density at radius 2 is 2.25 bits per heavy atom. The summed E-state index contributed by atoms with van der Waals surface area (Å²) < 4.78 is 5.26. The summed E-state index contributed by atoms with van der Waals surface area (Å²) in [6, 6.07) is 6.73. The van der Waals surface area contributed by atoms with Gasteiger partial charge in [0.1, 0.15) is 11.5 Å². The summed E-state index contributed by atoms with van der Waals surface area (Å²) in [5, 5.41) is 13.7. The van der Waals surface area contributed by atoms with Crippen LogP contribution >= 0.6 is 0 Å². The van der Waals surface area contributed by atoms with Gasteiger partial charge < -0.3 is 15.2 Å². The number of phenols is 1. The SMILES string of the molecule is COc1ccc(O)c(CN2CCCC2C2CCCN2)c1. The average Bonchev–Trinajstić information content (AvgIpc) is 3.11. The van der Waals surface area contributed by atoms with E-state index < -0.39 is 0 Å². The van der Waals surface area contributed by atoms with Gasteiger partial charge in [-0.3, -0.25) is 4.90 Å². The second-order valence-electron chi connectivity index (χ2n) is 5.88. The lowest BCUT2D eigenvalue weighted by atomic mass is 10.0. The van der Waals surface area contributed by atoms with Gasteiger partial charge in [0.05, 0.1) is 7.11 Å². The van der Waals surface area contributed by atoms with Gasteiger partial charge in [-0.1, -0.05) is 0 Å². The van der Waals surface area contributed by atoms with Crippen LogP contribution in [-0.4, -0.2) is 42.3 Å². The standard InChI is InChI=1S/C16H24N2O2/c1-20-13-6-7-16(19)12(10-13)11-18-9-3-5-15(18)14-4-2-8-17-14/h6-7,10,14-15,17,19H,2-5,8-9,11H2,1H3. The summed E-state index contributed by atoms with van der Waals surface area (Å²) in [6.07, 6.45) is 5.10. The van der Waals surface area contributed by atoms with Crippen LogP contribution in [-0.2, 0) is 6.54 Å². The minimum atomic E-state index is 0.371. The first kappa shape index (κ1) is 13.7. The summed E-state index contributed by atoms with van der Waals surface area (Å²) >= 11 is 0. The predicted molar refractivity (Wildman–Crippen MR) is 79.1 cm³/mol. The van der Waals surface area contributed by atoms with Crippen molar-refractivity contribution in [1.82, 2.24) is 10.2 Å². The fourth-order valence-electron chi connectivity index (χ4n) is 3.58. The third kappa shape index (κ3) is 2.76. The van der Waals surface area contributed by atoms with Crippen molar-refractivity contribution in [1.29, 1.82) is 0 Å². The Hall–Kier alpha value is -1.26. The Morgan fingerprint density at radius 3 is 3.00 bits per heavy atom. The molecule has 1 aromatic carbocycles. The molecule has 0 amide bonds. The Kier molecular flexibility index (Phi) is 4.13. The highest BCUT2D eigenvalue weighted by Crippen LogP contribution is 2.30. The highest BCUT2D eigenvalue weighted by Gasteiger charge is 2.33. The lowest BCUT2D eigenvalue weighted by Crippen LogP contribution is -2.43. The van der Waals surface area contributed by atoms with Crippen molar-refractivity contribution >= 4 is 0 Å². The van der Waals surface area contributed by atoms with Gasteiger partial charge in [0.25, 0.3) is 0 Å². The van der Waals surface area contributed by atoms with Crippen molar-refractivity contribution in [3.05, 3.63) is 23.8 Å². The normalized spacial score (nSPS) is 27.1. The molecule has 2 aliphatic rings. The minimum Gasteiger partial charge on any atom is -0.508 e. The Balaban J connectivity index is 1.72. The van der Waals surface area contributed by atoms with E-state index >= 15 is 0 Å². The van der Waals surface area contributed by atoms with Gasteiger partial charge in [-0.15, -0.1) is 0 Å². The number of hydrogen-bond acceptors (Lipinski definition) is 4. The molecule has 4 nitrogen and oxygen atoms in total. The second-order valence-corrected chi connectivity index (χ2v) is 5.88. The molecule has 2 aliphatic heterocycles. The molecule has 110 valence electrons.